The summed E-state index contributed by atoms with van der Waals surface area (Å²) in [6, 6.07) is 10.4. The quantitative estimate of drug-likeness (QED) is 0.482. The van der Waals surface area contributed by atoms with Crippen LogP contribution in [-0.2, 0) is 0 Å². The van der Waals surface area contributed by atoms with E-state index >= 15 is 0 Å². The third-order valence-electron chi connectivity index (χ3n) is 2.23. The van der Waals surface area contributed by atoms with Crippen LogP contribution in [-0.4, -0.2) is 0 Å². The Morgan fingerprint density at radius 3 is 2.64 bits per heavy atom. The summed E-state index contributed by atoms with van der Waals surface area (Å²) in [5.74, 6) is 0. The fraction of sp³-hybridized carbons (Fsp3) is 0.357. The van der Waals surface area contributed by atoms with Gasteiger partial charge in [-0.2, -0.15) is 0 Å². The molecule has 0 heterocycles. The first-order valence-electron chi connectivity index (χ1n) is 5.31. The van der Waals surface area contributed by atoms with Crippen LogP contribution in [0.5, 0.6) is 0 Å². The van der Waals surface area contributed by atoms with Gasteiger partial charge in [0, 0.05) is 0 Å². The lowest BCUT2D eigenvalue weighted by atomic mass is 10.1. The normalized spacial score (nSPS) is 9.29. The maximum Gasteiger partial charge on any atom is -0.00224 e. The summed E-state index contributed by atoms with van der Waals surface area (Å²) in [7, 11) is 0. The maximum absolute atomic E-state index is 3.33. The van der Waals surface area contributed by atoms with Crippen molar-refractivity contribution in [1.29, 1.82) is 0 Å². The predicted octanol–water partition coefficient (Wildman–Crippen LogP) is 4.44. The van der Waals surface area contributed by atoms with Crippen molar-refractivity contribution in [3.8, 4) is 0 Å². The van der Waals surface area contributed by atoms with E-state index in [0.29, 0.717) is 0 Å². The summed E-state index contributed by atoms with van der Waals surface area (Å²) in [5, 5.41) is 0. The van der Waals surface area contributed by atoms with E-state index in [4.69, 9.17) is 0 Å². The minimum atomic E-state index is 1.14. The van der Waals surface area contributed by atoms with Crippen molar-refractivity contribution in [2.24, 2.45) is 0 Å². The second-order valence-electron chi connectivity index (χ2n) is 3.48. The molecule has 0 saturated carbocycles. The molecule has 0 atom stereocenters. The van der Waals surface area contributed by atoms with Gasteiger partial charge < -0.3 is 0 Å². The molecule has 0 N–H and O–H groups in total. The Balaban J connectivity index is 2.65. The van der Waals surface area contributed by atoms with Gasteiger partial charge in [-0.3, -0.25) is 0 Å². The molecule has 0 fully saturated rings. The zero-order valence-corrected chi connectivity index (χ0v) is 9.09. The van der Waals surface area contributed by atoms with Crippen molar-refractivity contribution in [2.75, 3.05) is 0 Å². The first-order chi connectivity index (χ1) is 6.84. The number of unbranched alkanes of at least 4 members (excludes halogenated alkanes) is 2. The van der Waals surface area contributed by atoms with Gasteiger partial charge in [-0.1, -0.05) is 43.7 Å². The summed E-state index contributed by atoms with van der Waals surface area (Å²) in [5.41, 5.74) is 5.81. The zero-order chi connectivity index (χ0) is 10.2. The molecule has 0 aromatic heterocycles. The molecular formula is C14H18. The van der Waals surface area contributed by atoms with Crippen LogP contribution in [0.15, 0.2) is 42.1 Å². The van der Waals surface area contributed by atoms with Gasteiger partial charge in [0.1, 0.15) is 0 Å². The summed E-state index contributed by atoms with van der Waals surface area (Å²) in [6.45, 7) is 4.32. The minimum Gasteiger partial charge on any atom is -0.121 e. The SMILES string of the molecule is CCCCC=C=C(C)c1ccccc1. The van der Waals surface area contributed by atoms with Crippen LogP contribution >= 0.6 is 0 Å². The second-order valence-corrected chi connectivity index (χ2v) is 3.48. The van der Waals surface area contributed by atoms with Crippen molar-refractivity contribution < 1.29 is 0 Å². The van der Waals surface area contributed by atoms with Crippen molar-refractivity contribution >= 4 is 5.57 Å². The highest BCUT2D eigenvalue weighted by Crippen LogP contribution is 2.11. The molecule has 0 aliphatic rings. The topological polar surface area (TPSA) is 0 Å². The Kier molecular flexibility index (Phi) is 4.82. The Morgan fingerprint density at radius 1 is 1.29 bits per heavy atom. The van der Waals surface area contributed by atoms with Crippen LogP contribution < -0.4 is 0 Å². The molecule has 74 valence electrons. The van der Waals surface area contributed by atoms with Crippen molar-refractivity contribution in [3.05, 3.63) is 47.7 Å². The number of hydrogen-bond acceptors (Lipinski definition) is 0. The molecule has 0 unspecified atom stereocenters. The highest BCUT2D eigenvalue weighted by Gasteiger charge is 1.90. The zero-order valence-electron chi connectivity index (χ0n) is 9.09. The van der Waals surface area contributed by atoms with Gasteiger partial charge >= 0.3 is 0 Å². The lowest BCUT2D eigenvalue weighted by Crippen LogP contribution is -1.75. The van der Waals surface area contributed by atoms with Gasteiger partial charge in [-0.25, -0.2) is 0 Å². The van der Waals surface area contributed by atoms with Crippen LogP contribution in [0, 0.1) is 0 Å². The highest BCUT2D eigenvalue weighted by molar-refractivity contribution is 5.62. The fourth-order valence-corrected chi connectivity index (χ4v) is 1.30. The van der Waals surface area contributed by atoms with Gasteiger partial charge in [-0.15, -0.1) is 5.73 Å². The molecule has 1 aromatic carbocycles. The lowest BCUT2D eigenvalue weighted by Gasteiger charge is -1.95. The van der Waals surface area contributed by atoms with E-state index < -0.39 is 0 Å². The first kappa shape index (κ1) is 10.8. The van der Waals surface area contributed by atoms with Crippen molar-refractivity contribution in [1.82, 2.24) is 0 Å². The highest BCUT2D eigenvalue weighted by atomic mass is 13.9. The Morgan fingerprint density at radius 2 is 2.00 bits per heavy atom. The summed E-state index contributed by atoms with van der Waals surface area (Å²) in [6.07, 6.45) is 5.80. The molecule has 0 aliphatic heterocycles. The van der Waals surface area contributed by atoms with Crippen LogP contribution in [0.4, 0.5) is 0 Å². The first-order valence-corrected chi connectivity index (χ1v) is 5.31. The number of benzene rings is 1. The second kappa shape index (κ2) is 6.23. The molecule has 0 saturated heterocycles. The molecule has 0 bridgehead atoms. The van der Waals surface area contributed by atoms with E-state index in [2.05, 4.69) is 49.9 Å². The molecule has 1 rings (SSSR count). The molecule has 0 heteroatoms. The average Bonchev–Trinajstić information content (AvgIpc) is 2.25. The van der Waals surface area contributed by atoms with Crippen molar-refractivity contribution in [2.45, 2.75) is 33.1 Å². The molecule has 0 spiro atoms. The lowest BCUT2D eigenvalue weighted by molar-refractivity contribution is 0.815. The average molecular weight is 186 g/mol. The van der Waals surface area contributed by atoms with E-state index in [1.165, 1.54) is 24.0 Å². The smallest absolute Gasteiger partial charge is 0.00224 e. The van der Waals surface area contributed by atoms with Gasteiger partial charge in [0.15, 0.2) is 0 Å². The Hall–Kier alpha value is -1.26. The number of hydrogen-bond donors (Lipinski definition) is 0. The molecule has 0 amide bonds. The minimum absolute atomic E-state index is 1.14. The van der Waals surface area contributed by atoms with E-state index in [9.17, 15) is 0 Å². The standard InChI is InChI=1S/C14H18/c1-3-4-5-7-10-13(2)14-11-8-6-9-12-14/h6-9,11-12H,3-5H2,1-2H3. The Bertz CT molecular complexity index is 313. The van der Waals surface area contributed by atoms with Crippen LogP contribution in [0.1, 0.15) is 38.7 Å². The summed E-state index contributed by atoms with van der Waals surface area (Å²) in [4.78, 5) is 0. The fourth-order valence-electron chi connectivity index (χ4n) is 1.30. The van der Waals surface area contributed by atoms with Gasteiger partial charge in [0.05, 0.1) is 0 Å². The largest absolute Gasteiger partial charge is 0.121 e. The Labute approximate surface area is 87.0 Å². The third-order valence-corrected chi connectivity index (χ3v) is 2.23. The predicted molar refractivity (Wildman–Crippen MR) is 63.1 cm³/mol. The number of rotatable bonds is 4. The van der Waals surface area contributed by atoms with E-state index in [0.717, 1.165) is 6.42 Å². The summed E-state index contributed by atoms with van der Waals surface area (Å²) < 4.78 is 0. The van der Waals surface area contributed by atoms with E-state index in [1.54, 1.807) is 0 Å². The van der Waals surface area contributed by atoms with Gasteiger partial charge in [-0.05, 0) is 37.0 Å². The van der Waals surface area contributed by atoms with Crippen LogP contribution in [0.25, 0.3) is 5.57 Å². The molecule has 1 aromatic rings. The molecular weight excluding hydrogens is 168 g/mol. The monoisotopic (exact) mass is 186 g/mol. The van der Waals surface area contributed by atoms with E-state index in [1.807, 2.05) is 6.07 Å². The summed E-state index contributed by atoms with van der Waals surface area (Å²) >= 11 is 0. The van der Waals surface area contributed by atoms with E-state index in [-0.39, 0.29) is 0 Å². The van der Waals surface area contributed by atoms with Gasteiger partial charge in [0.2, 0.25) is 0 Å². The number of allylic oxidation sites excluding steroid dienone is 1. The van der Waals surface area contributed by atoms with Crippen LogP contribution in [0.2, 0.25) is 0 Å². The molecule has 0 radical (unpaired) electrons. The molecule has 14 heavy (non-hydrogen) atoms. The van der Waals surface area contributed by atoms with Crippen LogP contribution in [0.3, 0.4) is 0 Å². The van der Waals surface area contributed by atoms with Gasteiger partial charge in [0.25, 0.3) is 0 Å². The molecule has 0 aliphatic carbocycles. The van der Waals surface area contributed by atoms with Crippen molar-refractivity contribution in [3.63, 3.8) is 0 Å². The third kappa shape index (κ3) is 3.64. The molecule has 0 nitrogen and oxygen atoms in total. The maximum atomic E-state index is 3.33.